The topological polar surface area (TPSA) is 80.9 Å². The summed E-state index contributed by atoms with van der Waals surface area (Å²) in [7, 11) is 0. The highest BCUT2D eigenvalue weighted by molar-refractivity contribution is 5.66. The molecule has 0 aliphatic carbocycles. The van der Waals surface area contributed by atoms with Crippen LogP contribution in [0.2, 0.25) is 0 Å². The quantitative estimate of drug-likeness (QED) is 0.873. The Bertz CT molecular complexity index is 668. The van der Waals surface area contributed by atoms with Crippen LogP contribution in [0.1, 0.15) is 12.0 Å². The van der Waals surface area contributed by atoms with Crippen LogP contribution in [0.15, 0.2) is 18.2 Å². The van der Waals surface area contributed by atoms with Crippen LogP contribution in [0.5, 0.6) is 0 Å². The van der Waals surface area contributed by atoms with Gasteiger partial charge < -0.3 is 5.11 Å². The number of halogens is 4. The fourth-order valence-electron chi connectivity index (χ4n) is 1.65. The second kappa shape index (κ2) is 5.46. The maximum atomic E-state index is 13.2. The van der Waals surface area contributed by atoms with Gasteiger partial charge in [-0.3, -0.25) is 4.79 Å². The van der Waals surface area contributed by atoms with Gasteiger partial charge in [0.15, 0.2) is 5.82 Å². The number of nitrogens with zero attached hydrogens (tertiary/aromatic N) is 4. The maximum Gasteiger partial charge on any atom is 0.419 e. The van der Waals surface area contributed by atoms with Gasteiger partial charge in [0.1, 0.15) is 5.82 Å². The van der Waals surface area contributed by atoms with Gasteiger partial charge in [-0.25, -0.2) is 9.07 Å². The third-order valence-electron chi connectivity index (χ3n) is 2.60. The second-order valence-electron chi connectivity index (χ2n) is 4.06. The number of aromatic nitrogens is 4. The lowest BCUT2D eigenvalue weighted by Gasteiger charge is -2.10. The minimum Gasteiger partial charge on any atom is -0.481 e. The zero-order chi connectivity index (χ0) is 15.6. The zero-order valence-corrected chi connectivity index (χ0v) is 10.3. The Morgan fingerprint density at radius 2 is 2.05 bits per heavy atom. The number of aryl methyl sites for hydroxylation is 1. The molecule has 10 heteroatoms. The molecule has 0 unspecified atom stereocenters. The van der Waals surface area contributed by atoms with Crippen molar-refractivity contribution >= 4 is 5.97 Å². The molecule has 6 nitrogen and oxygen atoms in total. The summed E-state index contributed by atoms with van der Waals surface area (Å²) in [4.78, 5) is 10.5. The van der Waals surface area contributed by atoms with Crippen molar-refractivity contribution in [2.75, 3.05) is 0 Å². The molecule has 0 amide bonds. The summed E-state index contributed by atoms with van der Waals surface area (Å²) in [5.41, 5.74) is -1.49. The number of aliphatic carboxylic acids is 1. The van der Waals surface area contributed by atoms with Crippen molar-refractivity contribution in [3.05, 3.63) is 29.6 Å². The Morgan fingerprint density at radius 3 is 2.67 bits per heavy atom. The van der Waals surface area contributed by atoms with Crippen molar-refractivity contribution in [2.45, 2.75) is 19.1 Å². The van der Waals surface area contributed by atoms with Crippen molar-refractivity contribution in [2.24, 2.45) is 0 Å². The summed E-state index contributed by atoms with van der Waals surface area (Å²) < 4.78 is 52.2. The maximum absolute atomic E-state index is 13.2. The molecule has 1 aromatic carbocycles. The Hall–Kier alpha value is -2.52. The number of carboxylic acid groups (broad SMARTS) is 1. The van der Waals surface area contributed by atoms with Gasteiger partial charge in [-0.15, -0.1) is 5.10 Å². The van der Waals surface area contributed by atoms with Gasteiger partial charge in [-0.1, -0.05) is 0 Å². The molecule has 21 heavy (non-hydrogen) atoms. The average Bonchev–Trinajstić information content (AvgIpc) is 2.84. The lowest BCUT2D eigenvalue weighted by atomic mass is 10.1. The van der Waals surface area contributed by atoms with Crippen molar-refractivity contribution in [1.82, 2.24) is 20.2 Å². The number of hydrogen-bond acceptors (Lipinski definition) is 4. The van der Waals surface area contributed by atoms with E-state index in [4.69, 9.17) is 5.11 Å². The molecular weight excluding hydrogens is 296 g/mol. The van der Waals surface area contributed by atoms with Crippen LogP contribution in [0, 0.1) is 5.82 Å². The van der Waals surface area contributed by atoms with Crippen molar-refractivity contribution in [3.8, 4) is 11.4 Å². The predicted molar refractivity (Wildman–Crippen MR) is 60.5 cm³/mol. The Kier molecular flexibility index (Phi) is 3.87. The number of carboxylic acids is 1. The standard InChI is InChI=1S/C11H8F4N4O2/c12-8-2-1-6(5-7(8)11(13,14)15)10-16-17-18-19(10)4-3-9(20)21/h1-2,5H,3-4H2,(H,20,21). The van der Waals surface area contributed by atoms with Crippen molar-refractivity contribution < 1.29 is 27.5 Å². The highest BCUT2D eigenvalue weighted by Gasteiger charge is 2.34. The fourth-order valence-corrected chi connectivity index (χ4v) is 1.65. The summed E-state index contributed by atoms with van der Waals surface area (Å²) in [5, 5.41) is 18.9. The largest absolute Gasteiger partial charge is 0.481 e. The molecule has 0 aliphatic heterocycles. The van der Waals surface area contributed by atoms with E-state index in [1.54, 1.807) is 0 Å². The molecule has 0 radical (unpaired) electrons. The Balaban J connectivity index is 2.39. The third-order valence-corrected chi connectivity index (χ3v) is 2.60. The molecule has 0 aliphatic rings. The van der Waals surface area contributed by atoms with Crippen molar-refractivity contribution in [1.29, 1.82) is 0 Å². The van der Waals surface area contributed by atoms with Gasteiger partial charge in [0, 0.05) is 5.56 Å². The summed E-state index contributed by atoms with van der Waals surface area (Å²) in [6.07, 6.45) is -5.15. The molecule has 1 N–H and O–H groups in total. The van der Waals surface area contributed by atoms with E-state index >= 15 is 0 Å². The van der Waals surface area contributed by atoms with Crippen LogP contribution in [-0.4, -0.2) is 31.3 Å². The van der Waals surface area contributed by atoms with E-state index in [1.807, 2.05) is 0 Å². The van der Waals surface area contributed by atoms with Gasteiger partial charge in [0.25, 0.3) is 0 Å². The van der Waals surface area contributed by atoms with Crippen LogP contribution in [0.3, 0.4) is 0 Å². The minimum absolute atomic E-state index is 0.0564. The van der Waals surface area contributed by atoms with Crippen molar-refractivity contribution in [3.63, 3.8) is 0 Å². The SMILES string of the molecule is O=C(O)CCn1nnnc1-c1ccc(F)c(C(F)(F)F)c1. The molecular formula is C11H8F4N4O2. The van der Waals surface area contributed by atoms with E-state index in [0.29, 0.717) is 12.1 Å². The summed E-state index contributed by atoms with van der Waals surface area (Å²) in [5.74, 6) is -2.58. The Morgan fingerprint density at radius 1 is 1.33 bits per heavy atom. The first kappa shape index (κ1) is 14.9. The molecule has 0 saturated heterocycles. The molecule has 0 saturated carbocycles. The zero-order valence-electron chi connectivity index (χ0n) is 10.3. The van der Waals surface area contributed by atoms with E-state index in [9.17, 15) is 22.4 Å². The van der Waals surface area contributed by atoms with E-state index in [2.05, 4.69) is 15.5 Å². The van der Waals surface area contributed by atoms with E-state index in [0.717, 1.165) is 10.7 Å². The summed E-state index contributed by atoms with van der Waals surface area (Å²) in [6, 6.07) is 2.33. The number of rotatable bonds is 4. The van der Waals surface area contributed by atoms with Gasteiger partial charge in [0.05, 0.1) is 18.5 Å². The lowest BCUT2D eigenvalue weighted by Crippen LogP contribution is -2.10. The molecule has 0 fully saturated rings. The summed E-state index contributed by atoms with van der Waals surface area (Å²) >= 11 is 0. The molecule has 2 rings (SSSR count). The fraction of sp³-hybridized carbons (Fsp3) is 0.273. The van der Waals surface area contributed by atoms with E-state index in [1.165, 1.54) is 0 Å². The first-order valence-electron chi connectivity index (χ1n) is 5.64. The van der Waals surface area contributed by atoms with E-state index < -0.39 is 23.5 Å². The van der Waals surface area contributed by atoms with Crippen LogP contribution < -0.4 is 0 Å². The molecule has 112 valence electrons. The highest BCUT2D eigenvalue weighted by atomic mass is 19.4. The lowest BCUT2D eigenvalue weighted by molar-refractivity contribution is -0.140. The monoisotopic (exact) mass is 304 g/mol. The van der Waals surface area contributed by atoms with Gasteiger partial charge in [0.2, 0.25) is 0 Å². The third kappa shape index (κ3) is 3.33. The first-order valence-corrected chi connectivity index (χ1v) is 5.64. The first-order chi connectivity index (χ1) is 9.79. The van der Waals surface area contributed by atoms with Gasteiger partial charge in [-0.05, 0) is 28.6 Å². The molecule has 1 aromatic heterocycles. The average molecular weight is 304 g/mol. The minimum atomic E-state index is -4.85. The number of alkyl halides is 3. The van der Waals surface area contributed by atoms with Crippen LogP contribution in [-0.2, 0) is 17.5 Å². The number of carbonyl (C=O) groups is 1. The highest BCUT2D eigenvalue weighted by Crippen LogP contribution is 2.33. The normalized spacial score (nSPS) is 11.6. The van der Waals surface area contributed by atoms with Gasteiger partial charge in [-0.2, -0.15) is 13.2 Å². The molecule has 2 aromatic rings. The van der Waals surface area contributed by atoms with Gasteiger partial charge >= 0.3 is 12.1 Å². The number of hydrogen-bond donors (Lipinski definition) is 1. The molecule has 0 bridgehead atoms. The molecule has 0 spiro atoms. The molecule has 0 atom stereocenters. The number of benzene rings is 1. The molecule has 1 heterocycles. The summed E-state index contributed by atoms with van der Waals surface area (Å²) in [6.45, 7) is -0.115. The number of tetrazole rings is 1. The predicted octanol–water partition coefficient (Wildman–Crippen LogP) is 1.97. The van der Waals surface area contributed by atoms with Crippen LogP contribution >= 0.6 is 0 Å². The van der Waals surface area contributed by atoms with Crippen LogP contribution in [0.25, 0.3) is 11.4 Å². The van der Waals surface area contributed by atoms with Crippen LogP contribution in [0.4, 0.5) is 17.6 Å². The second-order valence-corrected chi connectivity index (χ2v) is 4.06. The smallest absolute Gasteiger partial charge is 0.419 e. The Labute approximate surface area is 115 Å². The van der Waals surface area contributed by atoms with E-state index in [-0.39, 0.29) is 24.4 Å².